The number of hydrogen-bond donors (Lipinski definition) is 0. The third-order valence-electron chi connectivity index (χ3n) is 5.15. The van der Waals surface area contributed by atoms with Crippen LogP contribution in [0.25, 0.3) is 22.0 Å². The summed E-state index contributed by atoms with van der Waals surface area (Å²) in [6, 6.07) is 3.86. The zero-order valence-electron chi connectivity index (χ0n) is 15.6. The number of aryl methyl sites for hydroxylation is 2. The molecule has 2 aromatic heterocycles. The van der Waals surface area contributed by atoms with Crippen LogP contribution in [0.1, 0.15) is 42.7 Å². The maximum atomic E-state index is 14.1. The van der Waals surface area contributed by atoms with E-state index in [1.54, 1.807) is 10.9 Å². The zero-order chi connectivity index (χ0) is 19.5. The second kappa shape index (κ2) is 6.24. The van der Waals surface area contributed by atoms with Crippen LogP contribution in [0, 0.1) is 6.92 Å². The van der Waals surface area contributed by atoms with Gasteiger partial charge in [0.1, 0.15) is 5.15 Å². The predicted molar refractivity (Wildman–Crippen MR) is 101 cm³/mol. The molecule has 0 saturated heterocycles. The van der Waals surface area contributed by atoms with Crippen LogP contribution >= 0.6 is 11.6 Å². The molecule has 0 fully saturated rings. The van der Waals surface area contributed by atoms with Crippen molar-refractivity contribution in [2.45, 2.75) is 45.8 Å². The molecule has 4 rings (SSSR count). The average molecular weight is 392 g/mol. The van der Waals surface area contributed by atoms with Crippen molar-refractivity contribution >= 4 is 22.5 Å². The quantitative estimate of drug-likeness (QED) is 0.550. The van der Waals surface area contributed by atoms with Gasteiger partial charge in [0.15, 0.2) is 0 Å². The van der Waals surface area contributed by atoms with E-state index in [-0.39, 0.29) is 17.3 Å². The molecule has 0 bridgehead atoms. The molecule has 0 saturated carbocycles. The van der Waals surface area contributed by atoms with E-state index in [1.807, 2.05) is 40.0 Å². The fraction of sp³-hybridized carbons (Fsp3) is 0.400. The van der Waals surface area contributed by atoms with Crippen molar-refractivity contribution in [3.63, 3.8) is 0 Å². The number of aromatic nitrogens is 3. The van der Waals surface area contributed by atoms with E-state index < -0.39 is 12.0 Å². The van der Waals surface area contributed by atoms with Gasteiger partial charge in [-0.2, -0.15) is 5.10 Å². The van der Waals surface area contributed by atoms with E-state index in [0.29, 0.717) is 28.8 Å². The monoisotopic (exact) mass is 391 g/mol. The van der Waals surface area contributed by atoms with E-state index in [1.165, 1.54) is 0 Å². The molecular weight excluding hydrogens is 372 g/mol. The number of fused-ring (bicyclic) bond motifs is 2. The maximum absolute atomic E-state index is 14.1. The Bertz CT molecular complexity index is 1060. The lowest BCUT2D eigenvalue weighted by Crippen LogP contribution is -2.33. The first-order chi connectivity index (χ1) is 12.7. The minimum absolute atomic E-state index is 0.143. The first kappa shape index (κ1) is 18.3. The van der Waals surface area contributed by atoms with Crippen LogP contribution in [0.3, 0.4) is 0 Å². The summed E-state index contributed by atoms with van der Waals surface area (Å²) in [5, 5.41) is 5.05. The first-order valence-electron chi connectivity index (χ1n) is 8.74. The molecule has 0 atom stereocenters. The summed E-state index contributed by atoms with van der Waals surface area (Å²) < 4.78 is 35.8. The molecule has 27 heavy (non-hydrogen) atoms. The standard InChI is InChI=1S/C20H20ClF2N3O/c1-10-5-6-11-8-24-26(4)17(11)14(10)15-12-9-27-20(2,3)7-13(12)25-18(21)16(15)19(22)23/h5-6,8,19H,7,9H2,1-4H3. The Morgan fingerprint density at radius 1 is 1.26 bits per heavy atom. The normalized spacial score (nSPS) is 16.1. The maximum Gasteiger partial charge on any atom is 0.267 e. The smallest absolute Gasteiger partial charge is 0.267 e. The summed E-state index contributed by atoms with van der Waals surface area (Å²) in [6.07, 6.45) is -0.503. The Morgan fingerprint density at radius 3 is 2.70 bits per heavy atom. The van der Waals surface area contributed by atoms with Crippen LogP contribution in [0.4, 0.5) is 8.78 Å². The van der Waals surface area contributed by atoms with Crippen LogP contribution in [-0.4, -0.2) is 20.4 Å². The van der Waals surface area contributed by atoms with Gasteiger partial charge < -0.3 is 4.74 Å². The Hall–Kier alpha value is -2.05. The molecule has 3 aromatic rings. The van der Waals surface area contributed by atoms with Crippen molar-refractivity contribution in [1.82, 2.24) is 14.8 Å². The van der Waals surface area contributed by atoms with Crippen molar-refractivity contribution < 1.29 is 13.5 Å². The van der Waals surface area contributed by atoms with Gasteiger partial charge in [-0.05, 0) is 26.3 Å². The third kappa shape index (κ3) is 2.91. The molecular formula is C20H20ClF2N3O. The highest BCUT2D eigenvalue weighted by atomic mass is 35.5. The molecule has 3 heterocycles. The Morgan fingerprint density at radius 2 is 2.00 bits per heavy atom. The van der Waals surface area contributed by atoms with Gasteiger partial charge in [0, 0.05) is 35.5 Å². The van der Waals surface area contributed by atoms with Gasteiger partial charge in [0.05, 0.1) is 35.2 Å². The molecule has 142 valence electrons. The van der Waals surface area contributed by atoms with E-state index >= 15 is 0 Å². The predicted octanol–water partition coefficient (Wildman–Crippen LogP) is 5.39. The fourth-order valence-corrected chi connectivity index (χ4v) is 4.13. The van der Waals surface area contributed by atoms with Crippen LogP contribution in [0.2, 0.25) is 5.15 Å². The molecule has 1 aromatic carbocycles. The van der Waals surface area contributed by atoms with Crippen molar-refractivity contribution in [3.05, 3.63) is 45.9 Å². The molecule has 0 radical (unpaired) electrons. The summed E-state index contributed by atoms with van der Waals surface area (Å²) >= 11 is 6.27. The van der Waals surface area contributed by atoms with Gasteiger partial charge in [-0.1, -0.05) is 23.7 Å². The van der Waals surface area contributed by atoms with Crippen LogP contribution in [0.15, 0.2) is 18.3 Å². The van der Waals surface area contributed by atoms with Gasteiger partial charge in [-0.15, -0.1) is 0 Å². The van der Waals surface area contributed by atoms with Crippen molar-refractivity contribution in [2.24, 2.45) is 7.05 Å². The highest BCUT2D eigenvalue weighted by Gasteiger charge is 2.34. The molecule has 4 nitrogen and oxygen atoms in total. The number of rotatable bonds is 2. The Labute approximate surface area is 161 Å². The third-order valence-corrected chi connectivity index (χ3v) is 5.44. The number of hydrogen-bond acceptors (Lipinski definition) is 3. The van der Waals surface area contributed by atoms with Gasteiger partial charge in [-0.25, -0.2) is 13.8 Å². The summed E-state index contributed by atoms with van der Waals surface area (Å²) in [6.45, 7) is 6.04. The number of ether oxygens (including phenoxy) is 1. The molecule has 0 aliphatic carbocycles. The van der Waals surface area contributed by atoms with Crippen LogP contribution in [-0.2, 0) is 24.8 Å². The zero-order valence-corrected chi connectivity index (χ0v) is 16.4. The lowest BCUT2D eigenvalue weighted by molar-refractivity contribution is -0.0411. The largest absolute Gasteiger partial charge is 0.370 e. The minimum Gasteiger partial charge on any atom is -0.370 e. The van der Waals surface area contributed by atoms with Crippen LogP contribution in [0.5, 0.6) is 0 Å². The van der Waals surface area contributed by atoms with Gasteiger partial charge in [0.25, 0.3) is 6.43 Å². The second-order valence-electron chi connectivity index (χ2n) is 7.61. The second-order valence-corrected chi connectivity index (χ2v) is 7.96. The summed E-state index contributed by atoms with van der Waals surface area (Å²) in [5.74, 6) is 0. The van der Waals surface area contributed by atoms with Gasteiger partial charge in [-0.3, -0.25) is 4.68 Å². The fourth-order valence-electron chi connectivity index (χ4n) is 3.85. The van der Waals surface area contributed by atoms with E-state index in [9.17, 15) is 8.78 Å². The Balaban J connectivity index is 2.14. The summed E-state index contributed by atoms with van der Waals surface area (Å²) in [4.78, 5) is 4.32. The molecule has 0 N–H and O–H groups in total. The van der Waals surface area contributed by atoms with Gasteiger partial charge in [0.2, 0.25) is 0 Å². The number of halogens is 3. The lowest BCUT2D eigenvalue weighted by Gasteiger charge is -2.33. The number of nitrogens with zero attached hydrogens (tertiary/aromatic N) is 3. The highest BCUT2D eigenvalue weighted by Crippen LogP contribution is 2.45. The highest BCUT2D eigenvalue weighted by molar-refractivity contribution is 6.30. The molecule has 1 aliphatic rings. The summed E-state index contributed by atoms with van der Waals surface area (Å²) in [7, 11) is 1.81. The van der Waals surface area contributed by atoms with E-state index in [2.05, 4.69) is 10.1 Å². The average Bonchev–Trinajstić information content (AvgIpc) is 2.94. The minimum atomic E-state index is -2.75. The number of pyridine rings is 1. The first-order valence-corrected chi connectivity index (χ1v) is 9.12. The lowest BCUT2D eigenvalue weighted by atomic mass is 9.86. The summed E-state index contributed by atoms with van der Waals surface area (Å²) in [5.41, 5.74) is 3.57. The number of alkyl halides is 2. The molecule has 1 aliphatic heterocycles. The molecule has 0 amide bonds. The topological polar surface area (TPSA) is 39.9 Å². The van der Waals surface area contributed by atoms with Gasteiger partial charge >= 0.3 is 0 Å². The molecule has 7 heteroatoms. The molecule has 0 spiro atoms. The van der Waals surface area contributed by atoms with Crippen molar-refractivity contribution in [1.29, 1.82) is 0 Å². The molecule has 0 unspecified atom stereocenters. The van der Waals surface area contributed by atoms with Crippen LogP contribution < -0.4 is 0 Å². The SMILES string of the molecule is Cc1ccc2cnn(C)c2c1-c1c2c(nc(Cl)c1C(F)F)CC(C)(C)OC2. The van der Waals surface area contributed by atoms with Crippen molar-refractivity contribution in [2.75, 3.05) is 0 Å². The van der Waals surface area contributed by atoms with Crippen molar-refractivity contribution in [3.8, 4) is 11.1 Å². The van der Waals surface area contributed by atoms with E-state index in [0.717, 1.165) is 16.5 Å². The number of benzene rings is 1. The Kier molecular flexibility index (Phi) is 4.24. The van der Waals surface area contributed by atoms with E-state index in [4.69, 9.17) is 16.3 Å².